The molecule has 0 spiro atoms. The molecule has 0 atom stereocenters. The van der Waals surface area contributed by atoms with Crippen LogP contribution in [0.4, 0.5) is 4.39 Å². The van der Waals surface area contributed by atoms with Gasteiger partial charge >= 0.3 is 0 Å². The molecule has 0 heterocycles. The second-order valence-electron chi connectivity index (χ2n) is 4.57. The topological polar surface area (TPSA) is 34.1 Å². The van der Waals surface area contributed by atoms with E-state index in [1.54, 1.807) is 12.1 Å². The first-order valence-electron chi connectivity index (χ1n) is 6.54. The van der Waals surface area contributed by atoms with E-state index >= 15 is 0 Å². The van der Waals surface area contributed by atoms with Gasteiger partial charge in [0.05, 0.1) is 0 Å². The summed E-state index contributed by atoms with van der Waals surface area (Å²) in [5, 5.41) is 0. The summed E-state index contributed by atoms with van der Waals surface area (Å²) in [7, 11) is 0. The van der Waals surface area contributed by atoms with Crippen molar-refractivity contribution in [3.63, 3.8) is 0 Å². The minimum Gasteiger partial charge on any atom is -0.294 e. The van der Waals surface area contributed by atoms with Gasteiger partial charge in [0.15, 0.2) is 11.6 Å². The van der Waals surface area contributed by atoms with E-state index in [0.29, 0.717) is 30.4 Å². The molecule has 0 aromatic heterocycles. The molecule has 2 aromatic carbocycles. The third-order valence-corrected chi connectivity index (χ3v) is 3.07. The molecular formula is C17H15FO2. The standard InChI is InChI=1S/C17H15FO2/c18-15-11-9-14(10-12-15)17(20)8-4-7-16(19)13-5-2-1-3-6-13/h1-3,5-6,9-12H,4,7-8H2. The summed E-state index contributed by atoms with van der Waals surface area (Å²) in [6.07, 6.45) is 1.14. The lowest BCUT2D eigenvalue weighted by atomic mass is 10.0. The third-order valence-electron chi connectivity index (χ3n) is 3.07. The molecule has 20 heavy (non-hydrogen) atoms. The van der Waals surface area contributed by atoms with Crippen LogP contribution in [0.2, 0.25) is 0 Å². The highest BCUT2D eigenvalue weighted by Gasteiger charge is 2.09. The van der Waals surface area contributed by atoms with Crippen molar-refractivity contribution in [2.75, 3.05) is 0 Å². The smallest absolute Gasteiger partial charge is 0.162 e. The molecule has 0 aliphatic heterocycles. The monoisotopic (exact) mass is 270 g/mol. The molecule has 0 aliphatic carbocycles. The average molecular weight is 270 g/mol. The van der Waals surface area contributed by atoms with Crippen LogP contribution in [0.3, 0.4) is 0 Å². The molecule has 2 aromatic rings. The van der Waals surface area contributed by atoms with Crippen LogP contribution in [0.1, 0.15) is 40.0 Å². The van der Waals surface area contributed by atoms with Gasteiger partial charge < -0.3 is 0 Å². The number of rotatable bonds is 6. The molecule has 0 radical (unpaired) electrons. The van der Waals surface area contributed by atoms with Crippen LogP contribution in [-0.2, 0) is 0 Å². The van der Waals surface area contributed by atoms with Crippen LogP contribution in [0, 0.1) is 5.82 Å². The Morgan fingerprint density at radius 2 is 1.25 bits per heavy atom. The number of carbonyl (C=O) groups excluding carboxylic acids is 2. The Kier molecular flexibility index (Phi) is 4.77. The summed E-state index contributed by atoms with van der Waals surface area (Å²) in [6, 6.07) is 14.5. The lowest BCUT2D eigenvalue weighted by molar-refractivity contribution is 0.0957. The maximum absolute atomic E-state index is 12.7. The number of Topliss-reactive ketones (excluding diaryl/α,β-unsaturated/α-hetero) is 2. The first kappa shape index (κ1) is 14.1. The van der Waals surface area contributed by atoms with Crippen molar-refractivity contribution in [3.05, 3.63) is 71.5 Å². The minimum absolute atomic E-state index is 0.0394. The molecule has 2 nitrogen and oxygen atoms in total. The predicted molar refractivity (Wildman–Crippen MR) is 75.4 cm³/mol. The Morgan fingerprint density at radius 1 is 0.750 bits per heavy atom. The van der Waals surface area contributed by atoms with Gasteiger partial charge in [0.2, 0.25) is 0 Å². The van der Waals surface area contributed by atoms with Gasteiger partial charge in [-0.1, -0.05) is 30.3 Å². The van der Waals surface area contributed by atoms with Gasteiger partial charge in [0, 0.05) is 24.0 Å². The van der Waals surface area contributed by atoms with E-state index < -0.39 is 0 Å². The van der Waals surface area contributed by atoms with Crippen LogP contribution >= 0.6 is 0 Å². The summed E-state index contributed by atoms with van der Waals surface area (Å²) < 4.78 is 12.7. The largest absolute Gasteiger partial charge is 0.294 e. The van der Waals surface area contributed by atoms with Crippen molar-refractivity contribution in [2.45, 2.75) is 19.3 Å². The molecule has 0 amide bonds. The first-order chi connectivity index (χ1) is 9.66. The fourth-order valence-electron chi connectivity index (χ4n) is 1.96. The van der Waals surface area contributed by atoms with Gasteiger partial charge in [-0.05, 0) is 30.7 Å². The maximum atomic E-state index is 12.7. The summed E-state index contributed by atoms with van der Waals surface area (Å²) in [6.45, 7) is 0. The van der Waals surface area contributed by atoms with Crippen LogP contribution in [0.15, 0.2) is 54.6 Å². The fraction of sp³-hybridized carbons (Fsp3) is 0.176. The molecule has 2 rings (SSSR count). The molecule has 0 aliphatic rings. The van der Waals surface area contributed by atoms with Crippen molar-refractivity contribution in [1.82, 2.24) is 0 Å². The highest BCUT2D eigenvalue weighted by molar-refractivity contribution is 5.98. The zero-order chi connectivity index (χ0) is 14.4. The molecule has 0 saturated carbocycles. The molecule has 0 saturated heterocycles. The van der Waals surface area contributed by atoms with Gasteiger partial charge in [-0.25, -0.2) is 4.39 Å². The lowest BCUT2D eigenvalue weighted by Crippen LogP contribution is -2.03. The quantitative estimate of drug-likeness (QED) is 0.742. The van der Waals surface area contributed by atoms with E-state index in [9.17, 15) is 14.0 Å². The Bertz CT molecular complexity index is 588. The first-order valence-corrected chi connectivity index (χ1v) is 6.54. The van der Waals surface area contributed by atoms with Crippen molar-refractivity contribution >= 4 is 11.6 Å². The van der Waals surface area contributed by atoms with E-state index in [4.69, 9.17) is 0 Å². The van der Waals surface area contributed by atoms with E-state index in [2.05, 4.69) is 0 Å². The highest BCUT2D eigenvalue weighted by atomic mass is 19.1. The molecule has 0 bridgehead atoms. The van der Waals surface area contributed by atoms with Crippen LogP contribution in [0.5, 0.6) is 0 Å². The highest BCUT2D eigenvalue weighted by Crippen LogP contribution is 2.11. The van der Waals surface area contributed by atoms with Gasteiger partial charge in [-0.2, -0.15) is 0 Å². The normalized spacial score (nSPS) is 10.2. The molecule has 0 unspecified atom stereocenters. The molecule has 3 heteroatoms. The minimum atomic E-state index is -0.360. The number of carbonyl (C=O) groups is 2. The Morgan fingerprint density at radius 3 is 1.80 bits per heavy atom. The predicted octanol–water partition coefficient (Wildman–Crippen LogP) is 4.06. The zero-order valence-corrected chi connectivity index (χ0v) is 11.0. The van der Waals surface area contributed by atoms with Gasteiger partial charge in [-0.3, -0.25) is 9.59 Å². The van der Waals surface area contributed by atoms with Gasteiger partial charge in [0.1, 0.15) is 5.82 Å². The lowest BCUT2D eigenvalue weighted by Gasteiger charge is -2.02. The summed E-state index contributed by atoms with van der Waals surface area (Å²) in [4.78, 5) is 23.7. The van der Waals surface area contributed by atoms with Crippen molar-refractivity contribution in [2.24, 2.45) is 0 Å². The Labute approximate surface area is 117 Å². The van der Waals surface area contributed by atoms with Crippen LogP contribution in [-0.4, -0.2) is 11.6 Å². The molecule has 0 fully saturated rings. The Hall–Kier alpha value is -2.29. The fourth-order valence-corrected chi connectivity index (χ4v) is 1.96. The number of hydrogen-bond acceptors (Lipinski definition) is 2. The van der Waals surface area contributed by atoms with Gasteiger partial charge in [0.25, 0.3) is 0 Å². The van der Waals surface area contributed by atoms with Crippen LogP contribution < -0.4 is 0 Å². The molecule has 102 valence electrons. The van der Waals surface area contributed by atoms with E-state index in [0.717, 1.165) is 0 Å². The zero-order valence-electron chi connectivity index (χ0n) is 11.0. The number of ketones is 2. The maximum Gasteiger partial charge on any atom is 0.162 e. The SMILES string of the molecule is O=C(CCCC(=O)c1ccc(F)cc1)c1ccccc1. The van der Waals surface area contributed by atoms with Gasteiger partial charge in [-0.15, -0.1) is 0 Å². The third kappa shape index (κ3) is 3.85. The second kappa shape index (κ2) is 6.75. The van der Waals surface area contributed by atoms with E-state index in [1.165, 1.54) is 24.3 Å². The summed E-state index contributed by atoms with van der Waals surface area (Å²) in [5.74, 6) is -0.385. The van der Waals surface area contributed by atoms with E-state index in [1.807, 2.05) is 18.2 Å². The van der Waals surface area contributed by atoms with Crippen LogP contribution in [0.25, 0.3) is 0 Å². The molecule has 0 N–H and O–H groups in total. The summed E-state index contributed by atoms with van der Waals surface area (Å²) in [5.41, 5.74) is 1.15. The number of halogens is 1. The van der Waals surface area contributed by atoms with E-state index in [-0.39, 0.29) is 17.4 Å². The van der Waals surface area contributed by atoms with Crippen molar-refractivity contribution in [3.8, 4) is 0 Å². The van der Waals surface area contributed by atoms with Crippen molar-refractivity contribution in [1.29, 1.82) is 0 Å². The Balaban J connectivity index is 1.83. The van der Waals surface area contributed by atoms with Crippen molar-refractivity contribution < 1.29 is 14.0 Å². The second-order valence-corrected chi connectivity index (χ2v) is 4.57. The number of hydrogen-bond donors (Lipinski definition) is 0. The molecular weight excluding hydrogens is 255 g/mol. The average Bonchev–Trinajstić information content (AvgIpc) is 2.48. The number of benzene rings is 2. The summed E-state index contributed by atoms with van der Waals surface area (Å²) >= 11 is 0.